The highest BCUT2D eigenvalue weighted by Crippen LogP contribution is 2.18. The molecule has 0 spiro atoms. The van der Waals surface area contributed by atoms with Gasteiger partial charge in [0, 0.05) is 12.1 Å². The minimum atomic E-state index is 0. The molecule has 1 saturated heterocycles. The van der Waals surface area contributed by atoms with Crippen LogP contribution in [0.4, 0.5) is 0 Å². The van der Waals surface area contributed by atoms with Crippen LogP contribution in [-0.4, -0.2) is 17.8 Å². The average Bonchev–Trinajstić information content (AvgIpc) is 2.68. The lowest BCUT2D eigenvalue weighted by atomic mass is 10.00. The topological polar surface area (TPSA) is 58.2 Å². The quantitative estimate of drug-likeness (QED) is 0.858. The molecule has 7 heteroatoms. The maximum atomic E-state index is 7.83. The molecule has 2 rings (SSSR count). The molecule has 0 aromatic carbocycles. The van der Waals surface area contributed by atoms with Crippen LogP contribution in [0.2, 0.25) is 0 Å². The van der Waals surface area contributed by atoms with Crippen LogP contribution in [0.25, 0.3) is 0 Å². The number of aromatic nitrogens is 2. The Hall–Kier alpha value is -0.620. The zero-order valence-corrected chi connectivity index (χ0v) is 13.4. The summed E-state index contributed by atoms with van der Waals surface area (Å²) in [6.07, 6.45) is 3.62. The molecule has 1 aromatic heterocycles. The molecule has 0 aliphatic carbocycles. The van der Waals surface area contributed by atoms with E-state index in [9.17, 15) is 0 Å². The standard InChI is InChI=1S/C12H22N4OS.ClH/c1-4-18-8-11-12(13)17-14-16(11)15-9(2)6-5-7-10(15)3;/h9-10,13H,4-8H2,1-3H3;1H. The van der Waals surface area contributed by atoms with Gasteiger partial charge in [-0.2, -0.15) is 11.8 Å². The van der Waals surface area contributed by atoms with E-state index in [2.05, 4.69) is 31.1 Å². The number of piperidine rings is 1. The van der Waals surface area contributed by atoms with Gasteiger partial charge in [0.1, 0.15) is 0 Å². The maximum Gasteiger partial charge on any atom is 0.290 e. The van der Waals surface area contributed by atoms with Crippen LogP contribution in [0.15, 0.2) is 4.52 Å². The number of nitrogens with one attached hydrogen (secondary N) is 1. The summed E-state index contributed by atoms with van der Waals surface area (Å²) in [5.41, 5.74) is 1.07. The van der Waals surface area contributed by atoms with Crippen LogP contribution in [0, 0.1) is 5.41 Å². The second-order valence-corrected chi connectivity index (χ2v) is 6.16. The van der Waals surface area contributed by atoms with E-state index >= 15 is 0 Å². The maximum absolute atomic E-state index is 7.83. The molecule has 5 nitrogen and oxygen atoms in total. The minimum Gasteiger partial charge on any atom is -0.380 e. The fraction of sp³-hybridized carbons (Fsp3) is 0.833. The Morgan fingerprint density at radius 3 is 2.63 bits per heavy atom. The lowest BCUT2D eigenvalue weighted by Crippen LogP contribution is -2.70. The summed E-state index contributed by atoms with van der Waals surface area (Å²) in [7, 11) is 0. The van der Waals surface area contributed by atoms with Crippen molar-refractivity contribution >= 4 is 24.2 Å². The van der Waals surface area contributed by atoms with Crippen molar-refractivity contribution in [2.24, 2.45) is 0 Å². The van der Waals surface area contributed by atoms with E-state index in [1.54, 1.807) is 11.8 Å². The first-order valence-electron chi connectivity index (χ1n) is 6.64. The Labute approximate surface area is 124 Å². The van der Waals surface area contributed by atoms with Crippen molar-refractivity contribution in [1.29, 1.82) is 5.41 Å². The van der Waals surface area contributed by atoms with Crippen LogP contribution in [0.3, 0.4) is 0 Å². The third-order valence-electron chi connectivity index (χ3n) is 3.52. The first kappa shape index (κ1) is 16.4. The number of hydrogen-bond donors (Lipinski definition) is 1. The zero-order valence-electron chi connectivity index (χ0n) is 11.8. The van der Waals surface area contributed by atoms with E-state index in [1.165, 1.54) is 19.3 Å². The molecular weight excluding hydrogens is 284 g/mol. The highest BCUT2D eigenvalue weighted by molar-refractivity contribution is 7.98. The van der Waals surface area contributed by atoms with Crippen molar-refractivity contribution < 1.29 is 9.31 Å². The van der Waals surface area contributed by atoms with E-state index in [0.717, 1.165) is 17.2 Å². The highest BCUT2D eigenvalue weighted by Gasteiger charge is 2.29. The van der Waals surface area contributed by atoms with E-state index in [4.69, 9.17) is 9.93 Å². The average molecular weight is 307 g/mol. The van der Waals surface area contributed by atoms with Crippen molar-refractivity contribution in [1.82, 2.24) is 5.27 Å². The van der Waals surface area contributed by atoms with Crippen molar-refractivity contribution in [2.75, 3.05) is 10.8 Å². The Morgan fingerprint density at radius 2 is 2.05 bits per heavy atom. The molecule has 1 aliphatic heterocycles. The molecule has 2 heterocycles. The Bertz CT molecular complexity index is 437. The SMILES string of the molecule is CCSCc1c(=N)o[n-][n+]1N1C(C)CCCC1C.Cl. The van der Waals surface area contributed by atoms with Gasteiger partial charge in [0.2, 0.25) is 0 Å². The zero-order chi connectivity index (χ0) is 13.1. The van der Waals surface area contributed by atoms with Gasteiger partial charge in [-0.25, -0.2) is 0 Å². The summed E-state index contributed by atoms with van der Waals surface area (Å²) in [6, 6.07) is 0.905. The molecule has 1 aromatic rings. The fourth-order valence-corrected chi connectivity index (χ4v) is 3.20. The van der Waals surface area contributed by atoms with Crippen molar-refractivity contribution in [2.45, 2.75) is 57.9 Å². The van der Waals surface area contributed by atoms with Gasteiger partial charge in [-0.15, -0.1) is 12.4 Å². The Kier molecular flexibility index (Phi) is 6.26. The molecule has 1 aliphatic rings. The second-order valence-electron chi connectivity index (χ2n) is 4.88. The third-order valence-corrected chi connectivity index (χ3v) is 4.41. The van der Waals surface area contributed by atoms with Crippen LogP contribution >= 0.6 is 24.2 Å². The summed E-state index contributed by atoms with van der Waals surface area (Å²) in [6.45, 7) is 6.56. The van der Waals surface area contributed by atoms with Gasteiger partial charge < -0.3 is 4.52 Å². The molecule has 19 heavy (non-hydrogen) atoms. The van der Waals surface area contributed by atoms with Gasteiger partial charge in [-0.3, -0.25) is 10.4 Å². The van der Waals surface area contributed by atoms with Crippen LogP contribution in [0.5, 0.6) is 0 Å². The fourth-order valence-electron chi connectivity index (χ4n) is 2.56. The first-order valence-corrected chi connectivity index (χ1v) is 7.79. The smallest absolute Gasteiger partial charge is 0.290 e. The first-order chi connectivity index (χ1) is 8.65. The second kappa shape index (κ2) is 7.24. The van der Waals surface area contributed by atoms with Crippen molar-refractivity contribution in [3.05, 3.63) is 11.2 Å². The summed E-state index contributed by atoms with van der Waals surface area (Å²) in [4.78, 5) is 1.83. The predicted octanol–water partition coefficient (Wildman–Crippen LogP) is 1.58. The molecule has 1 fully saturated rings. The Morgan fingerprint density at radius 1 is 1.42 bits per heavy atom. The molecule has 110 valence electrons. The monoisotopic (exact) mass is 306 g/mol. The van der Waals surface area contributed by atoms with Gasteiger partial charge in [0.15, 0.2) is 0 Å². The summed E-state index contributed by atoms with van der Waals surface area (Å²) in [5.74, 6) is 1.82. The molecule has 0 saturated carbocycles. The highest BCUT2D eigenvalue weighted by atomic mass is 35.5. The molecule has 0 bridgehead atoms. The Balaban J connectivity index is 0.00000180. The number of rotatable bonds is 4. The lowest BCUT2D eigenvalue weighted by molar-refractivity contribution is -0.776. The van der Waals surface area contributed by atoms with Crippen LogP contribution in [-0.2, 0) is 5.75 Å². The molecular formula is C12H23ClN4OS. The predicted molar refractivity (Wildman–Crippen MR) is 78.2 cm³/mol. The number of nitrogens with zero attached hydrogens (tertiary/aromatic N) is 3. The molecule has 2 atom stereocenters. The number of hydrogen-bond acceptors (Lipinski definition) is 4. The molecule has 1 N–H and O–H groups in total. The van der Waals surface area contributed by atoms with E-state index in [-0.39, 0.29) is 18.0 Å². The lowest BCUT2D eigenvalue weighted by Gasteiger charge is -2.39. The molecule has 0 radical (unpaired) electrons. The number of halogens is 1. The summed E-state index contributed by atoms with van der Waals surface area (Å²) in [5, 5.41) is 14.2. The molecule has 2 unspecified atom stereocenters. The number of thioether (sulfide) groups is 1. The van der Waals surface area contributed by atoms with Gasteiger partial charge >= 0.3 is 0 Å². The van der Waals surface area contributed by atoms with Gasteiger partial charge in [0.05, 0.1) is 5.75 Å². The summed E-state index contributed by atoms with van der Waals surface area (Å²) >= 11 is 1.79. The van der Waals surface area contributed by atoms with Crippen molar-refractivity contribution in [3.63, 3.8) is 0 Å². The normalized spacial score (nSPS) is 23.2. The third kappa shape index (κ3) is 3.48. The van der Waals surface area contributed by atoms with Crippen LogP contribution in [0.1, 0.15) is 45.7 Å². The van der Waals surface area contributed by atoms with Gasteiger partial charge in [-0.1, -0.05) is 32.0 Å². The minimum absolute atomic E-state index is 0. The van der Waals surface area contributed by atoms with Crippen molar-refractivity contribution in [3.8, 4) is 0 Å². The van der Waals surface area contributed by atoms with E-state index in [0.29, 0.717) is 12.1 Å². The van der Waals surface area contributed by atoms with Gasteiger partial charge in [-0.05, 0) is 23.9 Å². The summed E-state index contributed by atoms with van der Waals surface area (Å²) < 4.78 is 5.07. The largest absolute Gasteiger partial charge is 0.380 e. The molecule has 0 amide bonds. The van der Waals surface area contributed by atoms with E-state index < -0.39 is 0 Å². The van der Waals surface area contributed by atoms with Gasteiger partial charge in [0.25, 0.3) is 11.2 Å². The van der Waals surface area contributed by atoms with E-state index in [1.807, 2.05) is 4.79 Å². The van der Waals surface area contributed by atoms with Crippen LogP contribution < -0.4 is 20.6 Å².